The standard InChI is InChI=1S/C35H33F2N7O3/c1-42-13-4-7-23(42)21-47-35-40-32-27(10-9-26(31(32)37)28-19-24(45)18-22-6-2-3-8-25(22)28)33(41-35)43-14-16-44(17-15-43)34(46)29(36)20-30-38-11-5-12-39-30/h2-3,5-6,8-12,18-20,23,45H,4,7,13-17,21H2,1H3/b29-20-/t23-/m0/s1. The molecular weight excluding hydrogens is 604 g/mol. The first kappa shape index (κ1) is 30.4. The number of fused-ring (bicyclic) bond motifs is 2. The molecule has 2 aromatic heterocycles. The molecule has 0 spiro atoms. The Morgan fingerprint density at radius 2 is 1.77 bits per heavy atom. The van der Waals surface area contributed by atoms with E-state index in [2.05, 4.69) is 19.9 Å². The van der Waals surface area contributed by atoms with Gasteiger partial charge in [0.15, 0.2) is 17.5 Å². The smallest absolute Gasteiger partial charge is 0.319 e. The van der Waals surface area contributed by atoms with Crippen LogP contribution in [0.2, 0.25) is 0 Å². The van der Waals surface area contributed by atoms with E-state index in [1.165, 1.54) is 17.3 Å². The van der Waals surface area contributed by atoms with Crippen LogP contribution >= 0.6 is 0 Å². The summed E-state index contributed by atoms with van der Waals surface area (Å²) < 4.78 is 37.5. The number of halogens is 2. The highest BCUT2D eigenvalue weighted by Gasteiger charge is 2.28. The number of rotatable bonds is 7. The maximum atomic E-state index is 16.6. The van der Waals surface area contributed by atoms with Crippen LogP contribution in [-0.2, 0) is 4.79 Å². The van der Waals surface area contributed by atoms with Crippen LogP contribution in [0.1, 0.15) is 18.7 Å². The number of phenols is 1. The lowest BCUT2D eigenvalue weighted by atomic mass is 9.96. The molecule has 0 unspecified atom stereocenters. The third-order valence-electron chi connectivity index (χ3n) is 8.89. The molecule has 2 saturated heterocycles. The summed E-state index contributed by atoms with van der Waals surface area (Å²) in [6.07, 6.45) is 6.03. The first-order chi connectivity index (χ1) is 22.9. The quantitative estimate of drug-likeness (QED) is 0.241. The highest BCUT2D eigenvalue weighted by molar-refractivity contribution is 6.01. The van der Waals surface area contributed by atoms with Crippen LogP contribution < -0.4 is 9.64 Å². The van der Waals surface area contributed by atoms with Crippen molar-refractivity contribution in [2.75, 3.05) is 51.3 Å². The molecule has 2 aliphatic heterocycles. The van der Waals surface area contributed by atoms with Crippen LogP contribution in [0.15, 0.2) is 72.8 Å². The van der Waals surface area contributed by atoms with Gasteiger partial charge in [0.1, 0.15) is 23.7 Å². The summed E-state index contributed by atoms with van der Waals surface area (Å²) in [6, 6.07) is 16.0. The van der Waals surface area contributed by atoms with Crippen molar-refractivity contribution in [1.29, 1.82) is 0 Å². The summed E-state index contributed by atoms with van der Waals surface area (Å²) in [7, 11) is 2.05. The van der Waals surface area contributed by atoms with Gasteiger partial charge < -0.3 is 24.5 Å². The molecule has 4 heterocycles. The van der Waals surface area contributed by atoms with Crippen LogP contribution in [0.4, 0.5) is 14.6 Å². The third kappa shape index (κ3) is 6.16. The molecule has 0 aliphatic carbocycles. The summed E-state index contributed by atoms with van der Waals surface area (Å²) in [5, 5.41) is 12.5. The van der Waals surface area contributed by atoms with Crippen molar-refractivity contribution in [1.82, 2.24) is 29.7 Å². The van der Waals surface area contributed by atoms with E-state index in [-0.39, 0.29) is 47.8 Å². The van der Waals surface area contributed by atoms with Gasteiger partial charge in [0, 0.05) is 61.6 Å². The number of phenolic OH excluding ortho intramolecular Hbond substituents is 1. The van der Waals surface area contributed by atoms with Crippen molar-refractivity contribution in [3.8, 4) is 22.9 Å². The number of hydrogen-bond acceptors (Lipinski definition) is 9. The van der Waals surface area contributed by atoms with Crippen molar-refractivity contribution in [3.63, 3.8) is 0 Å². The van der Waals surface area contributed by atoms with Gasteiger partial charge in [-0.1, -0.05) is 30.3 Å². The van der Waals surface area contributed by atoms with Crippen molar-refractivity contribution < 1.29 is 23.4 Å². The van der Waals surface area contributed by atoms with Crippen LogP contribution in [0.25, 0.3) is 38.9 Å². The fraction of sp³-hybridized carbons (Fsp3) is 0.286. The van der Waals surface area contributed by atoms with Crippen LogP contribution in [0.3, 0.4) is 0 Å². The number of anilines is 1. The van der Waals surface area contributed by atoms with Gasteiger partial charge in [-0.25, -0.2) is 18.7 Å². The fourth-order valence-corrected chi connectivity index (χ4v) is 6.35. The summed E-state index contributed by atoms with van der Waals surface area (Å²) in [6.45, 7) is 2.45. The molecule has 1 atom stereocenters. The number of hydrogen-bond donors (Lipinski definition) is 1. The molecule has 5 aromatic rings. The number of likely N-dealkylation sites (N-methyl/N-ethyl adjacent to an activating group) is 1. The minimum Gasteiger partial charge on any atom is -0.508 e. The first-order valence-corrected chi connectivity index (χ1v) is 15.6. The number of aromatic hydroxyl groups is 1. The number of carbonyl (C=O) groups is 1. The van der Waals surface area contributed by atoms with E-state index in [0.29, 0.717) is 36.5 Å². The van der Waals surface area contributed by atoms with E-state index in [1.807, 2.05) is 36.2 Å². The van der Waals surface area contributed by atoms with E-state index in [0.717, 1.165) is 36.2 Å². The number of amides is 1. The van der Waals surface area contributed by atoms with Gasteiger partial charge in [-0.2, -0.15) is 9.97 Å². The van der Waals surface area contributed by atoms with Gasteiger partial charge in [-0.05, 0) is 67.0 Å². The van der Waals surface area contributed by atoms with E-state index in [4.69, 9.17) is 9.72 Å². The lowest BCUT2D eigenvalue weighted by molar-refractivity contribution is -0.128. The molecule has 12 heteroatoms. The second kappa shape index (κ2) is 12.9. The van der Waals surface area contributed by atoms with Crippen molar-refractivity contribution >= 4 is 39.5 Å². The van der Waals surface area contributed by atoms with Crippen molar-refractivity contribution in [2.24, 2.45) is 0 Å². The number of nitrogens with zero attached hydrogens (tertiary/aromatic N) is 7. The van der Waals surface area contributed by atoms with E-state index >= 15 is 4.39 Å². The largest absolute Gasteiger partial charge is 0.508 e. The molecule has 7 rings (SSSR count). The molecule has 2 aliphatic rings. The molecule has 0 saturated carbocycles. The van der Waals surface area contributed by atoms with E-state index in [1.54, 1.807) is 30.3 Å². The molecular formula is C35H33F2N7O3. The van der Waals surface area contributed by atoms with Gasteiger partial charge >= 0.3 is 6.01 Å². The summed E-state index contributed by atoms with van der Waals surface area (Å²) in [5.74, 6) is -1.64. The predicted molar refractivity (Wildman–Crippen MR) is 175 cm³/mol. The number of benzene rings is 3. The molecule has 3 aromatic carbocycles. The molecule has 0 radical (unpaired) electrons. The molecule has 47 heavy (non-hydrogen) atoms. The maximum absolute atomic E-state index is 16.6. The summed E-state index contributed by atoms with van der Waals surface area (Å²) in [5.41, 5.74) is 0.916. The Balaban J connectivity index is 1.22. The fourth-order valence-electron chi connectivity index (χ4n) is 6.35. The van der Waals surface area contributed by atoms with E-state index < -0.39 is 17.6 Å². The monoisotopic (exact) mass is 637 g/mol. The Labute approximate surface area is 270 Å². The zero-order valence-corrected chi connectivity index (χ0v) is 25.8. The first-order valence-electron chi connectivity index (χ1n) is 15.6. The van der Waals surface area contributed by atoms with Gasteiger partial charge in [0.2, 0.25) is 0 Å². The Kier molecular flexibility index (Phi) is 8.33. The van der Waals surface area contributed by atoms with Crippen LogP contribution in [-0.4, -0.2) is 93.2 Å². The number of ether oxygens (including phenoxy) is 1. The average Bonchev–Trinajstić information content (AvgIpc) is 3.51. The van der Waals surface area contributed by atoms with Crippen molar-refractivity contribution in [2.45, 2.75) is 18.9 Å². The Morgan fingerprint density at radius 3 is 2.53 bits per heavy atom. The van der Waals surface area contributed by atoms with E-state index in [9.17, 15) is 14.3 Å². The minimum absolute atomic E-state index is 0.0290. The number of piperazine rings is 1. The minimum atomic E-state index is -0.946. The topological polar surface area (TPSA) is 108 Å². The molecule has 240 valence electrons. The second-order valence-corrected chi connectivity index (χ2v) is 11.8. The second-order valence-electron chi connectivity index (χ2n) is 11.8. The summed E-state index contributed by atoms with van der Waals surface area (Å²) >= 11 is 0. The molecule has 1 amide bonds. The zero-order chi connectivity index (χ0) is 32.5. The van der Waals surface area contributed by atoms with Gasteiger partial charge in [-0.3, -0.25) is 4.79 Å². The van der Waals surface area contributed by atoms with Gasteiger partial charge in [0.25, 0.3) is 5.91 Å². The lowest BCUT2D eigenvalue weighted by Gasteiger charge is -2.35. The van der Waals surface area contributed by atoms with Crippen LogP contribution in [0, 0.1) is 5.82 Å². The van der Waals surface area contributed by atoms with Gasteiger partial charge in [-0.15, -0.1) is 0 Å². The number of carbonyl (C=O) groups excluding carboxylic acids is 1. The predicted octanol–water partition coefficient (Wildman–Crippen LogP) is 5.22. The third-order valence-corrected chi connectivity index (χ3v) is 8.89. The molecule has 10 nitrogen and oxygen atoms in total. The average molecular weight is 638 g/mol. The zero-order valence-electron chi connectivity index (χ0n) is 25.8. The highest BCUT2D eigenvalue weighted by Crippen LogP contribution is 2.38. The molecule has 1 N–H and O–H groups in total. The number of aromatic nitrogens is 4. The number of likely N-dealkylation sites (tertiary alicyclic amines) is 1. The molecule has 0 bridgehead atoms. The lowest BCUT2D eigenvalue weighted by Crippen LogP contribution is -2.49. The molecule has 2 fully saturated rings. The Hall–Kier alpha value is -5.23. The highest BCUT2D eigenvalue weighted by atomic mass is 19.1. The SMILES string of the molecule is CN1CCC[C@H]1COc1nc(N2CCN(C(=O)/C(F)=C/c3ncccn3)CC2)c2ccc(-c3cc(O)cc4ccccc34)c(F)c2n1. The van der Waals surface area contributed by atoms with Crippen molar-refractivity contribution in [3.05, 3.63) is 84.5 Å². The van der Waals surface area contributed by atoms with Crippen LogP contribution in [0.5, 0.6) is 11.8 Å². The summed E-state index contributed by atoms with van der Waals surface area (Å²) in [4.78, 5) is 35.7. The normalized spacial score (nSPS) is 17.5. The maximum Gasteiger partial charge on any atom is 0.319 e. The van der Waals surface area contributed by atoms with Gasteiger partial charge in [0.05, 0.1) is 0 Å². The Bertz CT molecular complexity index is 1980. The Morgan fingerprint density at radius 1 is 0.979 bits per heavy atom.